The largest absolute Gasteiger partial charge is 0.502 e. The van der Waals surface area contributed by atoms with Crippen molar-refractivity contribution in [2.24, 2.45) is 0 Å². The van der Waals surface area contributed by atoms with Gasteiger partial charge in [-0.3, -0.25) is 30.1 Å². The SMILES string of the molecule is CCN1C(=O)c2c(O)c(=O)c(C(=N)SC(=N)Cc3ccc(F)cc3F)cn2N(C)C12CCN(c1ncccn1)CC2. The van der Waals surface area contributed by atoms with E-state index >= 15 is 0 Å². The number of hydrogen-bond donors (Lipinski definition) is 3. The Hall–Kier alpha value is -4.33. The number of carbonyl (C=O) groups is 1. The highest BCUT2D eigenvalue weighted by atomic mass is 32.2. The molecule has 2 aliphatic rings. The van der Waals surface area contributed by atoms with Crippen molar-refractivity contribution in [3.63, 3.8) is 0 Å². The van der Waals surface area contributed by atoms with E-state index in [0.29, 0.717) is 56.3 Å². The van der Waals surface area contributed by atoms with Gasteiger partial charge >= 0.3 is 0 Å². The number of amides is 1. The van der Waals surface area contributed by atoms with Crippen LogP contribution in [0, 0.1) is 22.5 Å². The van der Waals surface area contributed by atoms with Gasteiger partial charge in [-0.15, -0.1) is 0 Å². The molecule has 0 atom stereocenters. The topological polar surface area (TPSA) is 142 Å². The maximum atomic E-state index is 14.1. The Labute approximate surface area is 238 Å². The molecule has 3 aromatic rings. The third-order valence-electron chi connectivity index (χ3n) is 7.59. The first kappa shape index (κ1) is 28.2. The maximum Gasteiger partial charge on any atom is 0.278 e. The van der Waals surface area contributed by atoms with Crippen LogP contribution in [0.5, 0.6) is 5.75 Å². The number of nitrogens with zero attached hydrogens (tertiary/aromatic N) is 6. The van der Waals surface area contributed by atoms with Crippen molar-refractivity contribution >= 4 is 33.7 Å². The Morgan fingerprint density at radius 2 is 1.83 bits per heavy atom. The highest BCUT2D eigenvalue weighted by molar-refractivity contribution is 8.26. The molecule has 1 spiro atoms. The number of benzene rings is 1. The van der Waals surface area contributed by atoms with Crippen molar-refractivity contribution in [3.05, 3.63) is 81.5 Å². The molecule has 0 radical (unpaired) electrons. The van der Waals surface area contributed by atoms with Crippen LogP contribution in [-0.2, 0) is 6.42 Å². The first-order chi connectivity index (χ1) is 19.6. The molecule has 0 aliphatic carbocycles. The van der Waals surface area contributed by atoms with Crippen molar-refractivity contribution in [2.75, 3.05) is 36.6 Å². The number of carbonyl (C=O) groups excluding carboxylic acids is 1. The summed E-state index contributed by atoms with van der Waals surface area (Å²) in [6.45, 7) is 3.27. The lowest BCUT2D eigenvalue weighted by atomic mass is 9.92. The Bertz CT molecular complexity index is 1590. The average molecular weight is 583 g/mol. The van der Waals surface area contributed by atoms with Crippen LogP contribution in [0.1, 0.15) is 41.4 Å². The lowest BCUT2D eigenvalue weighted by Crippen LogP contribution is -2.72. The number of thioether (sulfide) groups is 1. The molecule has 1 aromatic carbocycles. The van der Waals surface area contributed by atoms with Gasteiger partial charge in [0.25, 0.3) is 5.91 Å². The second-order valence-electron chi connectivity index (χ2n) is 9.77. The van der Waals surface area contributed by atoms with Crippen LogP contribution in [-0.4, -0.2) is 73.0 Å². The van der Waals surface area contributed by atoms with Gasteiger partial charge in [-0.25, -0.2) is 18.7 Å². The smallest absolute Gasteiger partial charge is 0.278 e. The van der Waals surface area contributed by atoms with Crippen molar-refractivity contribution in [2.45, 2.75) is 31.8 Å². The minimum absolute atomic E-state index is 0.0703. The van der Waals surface area contributed by atoms with Gasteiger partial charge < -0.3 is 14.9 Å². The summed E-state index contributed by atoms with van der Waals surface area (Å²) in [4.78, 5) is 39.2. The lowest BCUT2D eigenvalue weighted by Gasteiger charge is -2.57. The Kier molecular flexibility index (Phi) is 7.51. The first-order valence-corrected chi connectivity index (χ1v) is 13.7. The first-order valence-electron chi connectivity index (χ1n) is 12.9. The predicted octanol–water partition coefficient (Wildman–Crippen LogP) is 2.94. The summed E-state index contributed by atoms with van der Waals surface area (Å²) in [5.41, 5.74) is -2.05. The number of aromatic nitrogens is 3. The van der Waals surface area contributed by atoms with Crippen LogP contribution >= 0.6 is 11.8 Å². The molecule has 0 unspecified atom stereocenters. The van der Waals surface area contributed by atoms with E-state index in [9.17, 15) is 23.5 Å². The molecule has 3 N–H and O–H groups in total. The zero-order chi connectivity index (χ0) is 29.5. The molecule has 11 nitrogen and oxygen atoms in total. The number of pyridine rings is 1. The van der Waals surface area contributed by atoms with Gasteiger partial charge in [-0.2, -0.15) is 0 Å². The molecule has 2 aliphatic heterocycles. The van der Waals surface area contributed by atoms with E-state index in [-0.39, 0.29) is 33.3 Å². The fraction of sp³-hybridized carbons (Fsp3) is 0.333. The summed E-state index contributed by atoms with van der Waals surface area (Å²) in [7, 11) is 1.76. The van der Waals surface area contributed by atoms with Gasteiger partial charge in [-0.05, 0) is 24.6 Å². The highest BCUT2D eigenvalue weighted by Gasteiger charge is 2.51. The normalized spacial score (nSPS) is 16.2. The van der Waals surface area contributed by atoms with Gasteiger partial charge in [0.15, 0.2) is 11.4 Å². The number of piperidine rings is 1. The summed E-state index contributed by atoms with van der Waals surface area (Å²) in [5.74, 6) is -2.26. The second-order valence-corrected chi connectivity index (χ2v) is 10.9. The van der Waals surface area contributed by atoms with E-state index in [1.54, 1.807) is 35.4 Å². The molecule has 1 amide bonds. The second kappa shape index (κ2) is 10.9. The molecule has 0 saturated carbocycles. The molecule has 2 aromatic heterocycles. The number of hydrogen-bond acceptors (Lipinski definition) is 10. The van der Waals surface area contributed by atoms with Crippen molar-refractivity contribution in [1.82, 2.24) is 19.5 Å². The monoisotopic (exact) mass is 582 g/mol. The van der Waals surface area contributed by atoms with Gasteiger partial charge in [0.05, 0.1) is 10.6 Å². The zero-order valence-corrected chi connectivity index (χ0v) is 23.2. The van der Waals surface area contributed by atoms with E-state index < -0.39 is 34.4 Å². The molecular weight excluding hydrogens is 554 g/mol. The average Bonchev–Trinajstić information content (AvgIpc) is 2.95. The Morgan fingerprint density at radius 1 is 1.15 bits per heavy atom. The van der Waals surface area contributed by atoms with Crippen LogP contribution in [0.4, 0.5) is 14.7 Å². The van der Waals surface area contributed by atoms with Crippen LogP contribution in [0.2, 0.25) is 0 Å². The fourth-order valence-corrected chi connectivity index (χ4v) is 6.21. The van der Waals surface area contributed by atoms with Gasteiger partial charge in [0.2, 0.25) is 11.4 Å². The summed E-state index contributed by atoms with van der Waals surface area (Å²) < 4.78 is 28.7. The number of anilines is 1. The third kappa shape index (κ3) is 4.92. The van der Waals surface area contributed by atoms with Crippen molar-refractivity contribution in [3.8, 4) is 5.75 Å². The van der Waals surface area contributed by atoms with E-state index in [0.717, 1.165) is 6.07 Å². The molecule has 4 heterocycles. The van der Waals surface area contributed by atoms with Gasteiger partial charge in [0.1, 0.15) is 22.3 Å². The van der Waals surface area contributed by atoms with E-state index in [1.807, 2.05) is 11.8 Å². The summed E-state index contributed by atoms with van der Waals surface area (Å²) in [6.07, 6.45) is 5.48. The quantitative estimate of drug-likeness (QED) is 0.308. The zero-order valence-electron chi connectivity index (χ0n) is 22.4. The summed E-state index contributed by atoms with van der Waals surface area (Å²) in [6, 6.07) is 4.75. The van der Waals surface area contributed by atoms with Crippen LogP contribution in [0.15, 0.2) is 47.7 Å². The Morgan fingerprint density at radius 3 is 2.46 bits per heavy atom. The van der Waals surface area contributed by atoms with Gasteiger partial charge in [0, 0.05) is 70.6 Å². The highest BCUT2D eigenvalue weighted by Crippen LogP contribution is 2.38. The number of aromatic hydroxyl groups is 1. The number of rotatable bonds is 5. The minimum Gasteiger partial charge on any atom is -0.502 e. The summed E-state index contributed by atoms with van der Waals surface area (Å²) in [5, 5.41) is 29.0. The molecule has 0 bridgehead atoms. The van der Waals surface area contributed by atoms with Crippen molar-refractivity contribution < 1.29 is 18.7 Å². The van der Waals surface area contributed by atoms with E-state index in [2.05, 4.69) is 9.97 Å². The molecular formula is C27H28F2N8O3S. The van der Waals surface area contributed by atoms with Crippen LogP contribution in [0.25, 0.3) is 0 Å². The molecule has 41 heavy (non-hydrogen) atoms. The molecule has 214 valence electrons. The fourth-order valence-electron chi connectivity index (χ4n) is 5.48. The van der Waals surface area contributed by atoms with Crippen molar-refractivity contribution in [1.29, 1.82) is 10.8 Å². The Balaban J connectivity index is 1.44. The standard InChI is InChI=1S/C27H28F2N8O3S/c1-3-36-25(40)21-23(39)22(38)18(24(31)41-20(30)13-16-5-6-17(28)14-19(16)29)15-37(21)34(2)27(36)7-11-35(12-8-27)26-32-9-4-10-33-26/h4-6,9-10,14-15,30-31,39H,3,7-8,11-13H2,1-2H3. The number of nitrogens with one attached hydrogen (secondary N) is 2. The van der Waals surface area contributed by atoms with Crippen LogP contribution in [0.3, 0.4) is 0 Å². The third-order valence-corrected chi connectivity index (χ3v) is 8.41. The molecule has 5 rings (SSSR count). The predicted molar refractivity (Wildman–Crippen MR) is 152 cm³/mol. The van der Waals surface area contributed by atoms with Crippen LogP contribution < -0.4 is 15.3 Å². The molecule has 1 fully saturated rings. The molecule has 14 heteroatoms. The minimum atomic E-state index is -0.917. The summed E-state index contributed by atoms with van der Waals surface area (Å²) >= 11 is 0.613. The molecule has 1 saturated heterocycles. The number of halogens is 2. The lowest BCUT2D eigenvalue weighted by molar-refractivity contribution is 0.0201. The maximum absolute atomic E-state index is 14.1. The van der Waals surface area contributed by atoms with Gasteiger partial charge in [-0.1, -0.05) is 17.8 Å². The van der Waals surface area contributed by atoms with E-state index in [4.69, 9.17) is 10.8 Å². The van der Waals surface area contributed by atoms with E-state index in [1.165, 1.54) is 16.9 Å². The number of fused-ring (bicyclic) bond motifs is 1.